The molecule has 0 spiro atoms. The highest BCUT2D eigenvalue weighted by molar-refractivity contribution is 9.10. The van der Waals surface area contributed by atoms with Gasteiger partial charge in [-0.3, -0.25) is 14.3 Å². The van der Waals surface area contributed by atoms with Gasteiger partial charge in [0.15, 0.2) is 0 Å². The maximum Gasteiger partial charge on any atom is 0.262 e. The van der Waals surface area contributed by atoms with Gasteiger partial charge in [-0.25, -0.2) is 9.37 Å². The summed E-state index contributed by atoms with van der Waals surface area (Å²) in [5, 5.41) is 9.79. The van der Waals surface area contributed by atoms with Crippen molar-refractivity contribution in [2.24, 2.45) is 13.0 Å². The van der Waals surface area contributed by atoms with Gasteiger partial charge in [-0.1, -0.05) is 0 Å². The smallest absolute Gasteiger partial charge is 0.262 e. The molecule has 0 unspecified atom stereocenters. The van der Waals surface area contributed by atoms with Crippen LogP contribution in [0, 0.1) is 5.92 Å². The number of aryl methyl sites for hydroxylation is 1. The van der Waals surface area contributed by atoms with E-state index in [1.807, 2.05) is 12.1 Å². The Hall–Kier alpha value is -2.99. The minimum Gasteiger partial charge on any atom is -0.474 e. The number of amides is 2. The number of pyridine rings is 1. The number of halogens is 2. The van der Waals surface area contributed by atoms with E-state index in [1.54, 1.807) is 36.4 Å². The van der Waals surface area contributed by atoms with Crippen molar-refractivity contribution < 1.29 is 18.7 Å². The summed E-state index contributed by atoms with van der Waals surface area (Å²) >= 11 is 4.85. The number of hydrogen-bond donors (Lipinski definition) is 2. The number of carbonyl (C=O) groups excluding carboxylic acids is 2. The molecule has 12 heteroatoms. The van der Waals surface area contributed by atoms with Gasteiger partial charge in [0.05, 0.1) is 29.9 Å². The van der Waals surface area contributed by atoms with Gasteiger partial charge in [0.1, 0.15) is 24.5 Å². The van der Waals surface area contributed by atoms with E-state index in [4.69, 9.17) is 4.74 Å². The summed E-state index contributed by atoms with van der Waals surface area (Å²) in [5.74, 6) is -0.00495. The zero-order chi connectivity index (χ0) is 25.9. The lowest BCUT2D eigenvalue weighted by Gasteiger charge is -2.30. The molecule has 5 rings (SSSR count). The Bertz CT molecular complexity index is 1280. The summed E-state index contributed by atoms with van der Waals surface area (Å²) < 4.78 is 21.9. The molecule has 0 bridgehead atoms. The van der Waals surface area contributed by atoms with E-state index in [9.17, 15) is 14.0 Å². The van der Waals surface area contributed by atoms with Crippen LogP contribution in [0.1, 0.15) is 40.2 Å². The first-order valence-corrected chi connectivity index (χ1v) is 13.8. The Balaban J connectivity index is 1.26. The van der Waals surface area contributed by atoms with Crippen LogP contribution in [0.5, 0.6) is 5.88 Å². The van der Waals surface area contributed by atoms with Crippen LogP contribution in [0.4, 0.5) is 15.8 Å². The van der Waals surface area contributed by atoms with Crippen LogP contribution < -0.4 is 20.3 Å². The fourth-order valence-corrected chi connectivity index (χ4v) is 6.05. The Morgan fingerprint density at radius 3 is 2.95 bits per heavy atom. The second kappa shape index (κ2) is 11.2. The van der Waals surface area contributed by atoms with Crippen molar-refractivity contribution in [2.45, 2.75) is 44.4 Å². The molecule has 37 heavy (non-hydrogen) atoms. The van der Waals surface area contributed by atoms with E-state index < -0.39 is 12.2 Å². The number of thiophene rings is 1. The molecule has 1 saturated carbocycles. The second-order valence-electron chi connectivity index (χ2n) is 9.44. The lowest BCUT2D eigenvalue weighted by molar-refractivity contribution is -0.118. The van der Waals surface area contributed by atoms with E-state index in [0.29, 0.717) is 61.8 Å². The third kappa shape index (κ3) is 6.30. The minimum atomic E-state index is -0.844. The number of anilines is 2. The number of nitrogens with one attached hydrogen (secondary N) is 2. The van der Waals surface area contributed by atoms with E-state index in [-0.39, 0.29) is 17.7 Å². The highest BCUT2D eigenvalue weighted by atomic mass is 79.9. The standard InChI is InChI=1S/C25H28BrFN6O3S/c1-32-13-18(12-29-32)30-23(34)20(9-15-2-3-17(27)8-15)31-24(35)22-5-4-19(37-22)14-33-6-7-36-25-21(33)10-16(26)11-28-25/h4-5,10-13,15,17,20H,2-3,6-9,14H2,1H3,(H,30,34)(H,31,35)/t15-,17+,20+/m1/s1. The summed E-state index contributed by atoms with van der Waals surface area (Å²) in [4.78, 5) is 34.3. The zero-order valence-corrected chi connectivity index (χ0v) is 22.7. The van der Waals surface area contributed by atoms with Crippen molar-refractivity contribution in [1.82, 2.24) is 20.1 Å². The average molecular weight is 592 g/mol. The predicted octanol–water partition coefficient (Wildman–Crippen LogP) is 4.30. The summed E-state index contributed by atoms with van der Waals surface area (Å²) in [6, 6.07) is 4.90. The van der Waals surface area contributed by atoms with Gasteiger partial charge in [-0.05, 0) is 65.7 Å². The Morgan fingerprint density at radius 2 is 2.19 bits per heavy atom. The van der Waals surface area contributed by atoms with Crippen molar-refractivity contribution in [2.75, 3.05) is 23.4 Å². The predicted molar refractivity (Wildman–Crippen MR) is 143 cm³/mol. The number of alkyl halides is 1. The van der Waals surface area contributed by atoms with Gasteiger partial charge in [-0.15, -0.1) is 11.3 Å². The van der Waals surface area contributed by atoms with Crippen LogP contribution in [0.3, 0.4) is 0 Å². The quantitative estimate of drug-likeness (QED) is 0.405. The molecule has 0 aromatic carbocycles. The largest absolute Gasteiger partial charge is 0.474 e. The summed E-state index contributed by atoms with van der Waals surface area (Å²) in [7, 11) is 1.76. The second-order valence-corrected chi connectivity index (χ2v) is 11.5. The van der Waals surface area contributed by atoms with E-state index in [0.717, 1.165) is 15.0 Å². The molecule has 1 fully saturated rings. The van der Waals surface area contributed by atoms with Crippen molar-refractivity contribution in [3.8, 4) is 5.88 Å². The monoisotopic (exact) mass is 590 g/mol. The van der Waals surface area contributed by atoms with Crippen LogP contribution in [-0.2, 0) is 18.4 Å². The van der Waals surface area contributed by atoms with Gasteiger partial charge in [0, 0.05) is 28.8 Å². The van der Waals surface area contributed by atoms with Crippen molar-refractivity contribution in [1.29, 1.82) is 0 Å². The number of nitrogens with zero attached hydrogens (tertiary/aromatic N) is 4. The van der Waals surface area contributed by atoms with E-state index >= 15 is 0 Å². The molecule has 0 saturated heterocycles. The molecular formula is C25H28BrFN6O3S. The molecule has 3 aromatic rings. The molecular weight excluding hydrogens is 563 g/mol. The molecule has 3 aromatic heterocycles. The number of aromatic nitrogens is 3. The van der Waals surface area contributed by atoms with Crippen molar-refractivity contribution in [3.05, 3.63) is 51.0 Å². The lowest BCUT2D eigenvalue weighted by atomic mass is 9.97. The third-order valence-corrected chi connectivity index (χ3v) is 8.11. The molecule has 9 nitrogen and oxygen atoms in total. The number of rotatable bonds is 8. The molecule has 1 aliphatic carbocycles. The van der Waals surface area contributed by atoms with Gasteiger partial charge < -0.3 is 20.3 Å². The highest BCUT2D eigenvalue weighted by Crippen LogP contribution is 2.34. The molecule has 2 aliphatic rings. The van der Waals surface area contributed by atoms with Crippen molar-refractivity contribution >= 4 is 50.5 Å². The average Bonchev–Trinajstić information content (AvgIpc) is 3.61. The number of carbonyl (C=O) groups is 2. The first-order chi connectivity index (χ1) is 17.8. The van der Waals surface area contributed by atoms with Gasteiger partial charge in [0.25, 0.3) is 5.91 Å². The van der Waals surface area contributed by atoms with Crippen molar-refractivity contribution in [3.63, 3.8) is 0 Å². The first kappa shape index (κ1) is 25.7. The summed E-state index contributed by atoms with van der Waals surface area (Å²) in [5.41, 5.74) is 1.45. The van der Waals surface area contributed by atoms with Crippen LogP contribution in [0.2, 0.25) is 0 Å². The van der Waals surface area contributed by atoms with Gasteiger partial charge in [0.2, 0.25) is 11.8 Å². The van der Waals surface area contributed by atoms with Crippen LogP contribution >= 0.6 is 27.3 Å². The lowest BCUT2D eigenvalue weighted by Crippen LogP contribution is -2.44. The van der Waals surface area contributed by atoms with Crippen LogP contribution in [0.15, 0.2) is 41.3 Å². The Kier molecular flexibility index (Phi) is 7.75. The number of ether oxygens (including phenoxy) is 1. The maximum absolute atomic E-state index is 13.8. The Morgan fingerprint density at radius 1 is 1.32 bits per heavy atom. The topological polar surface area (TPSA) is 101 Å². The molecule has 196 valence electrons. The van der Waals surface area contributed by atoms with E-state index in [1.165, 1.54) is 11.3 Å². The maximum atomic E-state index is 13.8. The fourth-order valence-electron chi connectivity index (χ4n) is 4.80. The summed E-state index contributed by atoms with van der Waals surface area (Å²) in [6.07, 6.45) is 6.12. The number of fused-ring (bicyclic) bond motifs is 1. The minimum absolute atomic E-state index is 0.0492. The number of hydrogen-bond acceptors (Lipinski definition) is 7. The SMILES string of the molecule is Cn1cc(NC(=O)[C@H](C[C@@H]2CC[C@H](F)C2)NC(=O)c2ccc(CN3CCOc4ncc(Br)cc43)s2)cn1. The highest BCUT2D eigenvalue weighted by Gasteiger charge is 2.31. The van der Waals surface area contributed by atoms with Crippen LogP contribution in [-0.4, -0.2) is 51.9 Å². The summed E-state index contributed by atoms with van der Waals surface area (Å²) in [6.45, 7) is 1.85. The van der Waals surface area contributed by atoms with Gasteiger partial charge in [-0.2, -0.15) is 5.10 Å². The fraction of sp³-hybridized carbons (Fsp3) is 0.440. The molecule has 0 radical (unpaired) electrons. The molecule has 4 heterocycles. The molecule has 2 amide bonds. The van der Waals surface area contributed by atoms with E-state index in [2.05, 4.69) is 41.5 Å². The normalized spacial score (nSPS) is 19.7. The zero-order valence-electron chi connectivity index (χ0n) is 20.3. The Labute approximate surface area is 226 Å². The molecule has 2 N–H and O–H groups in total. The first-order valence-electron chi connectivity index (χ1n) is 12.2. The molecule has 3 atom stereocenters. The molecule has 1 aliphatic heterocycles. The third-order valence-electron chi connectivity index (χ3n) is 6.61. The van der Waals surface area contributed by atoms with Gasteiger partial charge >= 0.3 is 0 Å². The van der Waals surface area contributed by atoms with Crippen LogP contribution in [0.25, 0.3) is 0 Å².